The number of aromatic nitrogens is 2. The summed E-state index contributed by atoms with van der Waals surface area (Å²) in [6, 6.07) is 13.1. The van der Waals surface area contributed by atoms with E-state index >= 15 is 8.78 Å². The van der Waals surface area contributed by atoms with Gasteiger partial charge in [0.05, 0.1) is 22.8 Å². The molecule has 0 atom stereocenters. The summed E-state index contributed by atoms with van der Waals surface area (Å²) >= 11 is 6.28. The molecule has 3 aromatic carbocycles. The highest BCUT2D eigenvalue weighted by Gasteiger charge is 2.30. The number of rotatable bonds is 7. The minimum Gasteiger partial charge on any atom is -0.351 e. The van der Waals surface area contributed by atoms with Gasteiger partial charge < -0.3 is 11.1 Å². The number of hydrogen-bond acceptors (Lipinski definition) is 3. The van der Waals surface area contributed by atoms with Crippen molar-refractivity contribution in [2.75, 3.05) is 11.9 Å². The van der Waals surface area contributed by atoms with E-state index in [-0.39, 0.29) is 11.3 Å². The number of nitrogens with one attached hydrogen (secondary N) is 1. The van der Waals surface area contributed by atoms with Gasteiger partial charge in [0, 0.05) is 48.3 Å². The first-order valence-electron chi connectivity index (χ1n) is 13.4. The smallest absolute Gasteiger partial charge is 0.316 e. The van der Waals surface area contributed by atoms with Gasteiger partial charge in [0.1, 0.15) is 11.6 Å². The lowest BCUT2D eigenvalue weighted by molar-refractivity contribution is 0.244. The zero-order valence-electron chi connectivity index (χ0n) is 22.8. The topological polar surface area (TPSA) is 76.2 Å². The Kier molecular flexibility index (Phi) is 7.92. The number of amides is 2. The van der Waals surface area contributed by atoms with Gasteiger partial charge in [-0.15, -0.1) is 0 Å². The Labute approximate surface area is 237 Å². The van der Waals surface area contributed by atoms with Crippen LogP contribution in [0.25, 0.3) is 16.9 Å². The molecule has 1 aromatic heterocycles. The van der Waals surface area contributed by atoms with E-state index in [0.29, 0.717) is 30.2 Å². The number of benzene rings is 3. The molecule has 0 aliphatic carbocycles. The third-order valence-corrected chi connectivity index (χ3v) is 7.80. The van der Waals surface area contributed by atoms with Crippen LogP contribution in [-0.2, 0) is 32.4 Å². The molecule has 2 heterocycles. The molecular weight excluding hydrogens is 532 g/mol. The number of anilines is 1. The minimum atomic E-state index is -0.968. The molecule has 6 nitrogen and oxygen atoms in total. The van der Waals surface area contributed by atoms with Gasteiger partial charge in [-0.2, -0.15) is 5.10 Å². The average molecular weight is 564 g/mol. The largest absolute Gasteiger partial charge is 0.351 e. The highest BCUT2D eigenvalue weighted by atomic mass is 35.5. The first-order valence-corrected chi connectivity index (χ1v) is 13.8. The maximum absolute atomic E-state index is 15.8. The Hall–Kier alpha value is -3.75. The number of carbonyl (C=O) groups is 1. The van der Waals surface area contributed by atoms with Gasteiger partial charge >= 0.3 is 6.03 Å². The number of nitrogens with two attached hydrogens (primary N) is 1. The fourth-order valence-electron chi connectivity index (χ4n) is 5.50. The second kappa shape index (κ2) is 11.4. The van der Waals surface area contributed by atoms with Crippen LogP contribution in [0.1, 0.15) is 47.4 Å². The maximum atomic E-state index is 15.8. The molecule has 0 spiro atoms. The monoisotopic (exact) mass is 563 g/mol. The molecule has 0 radical (unpaired) electrons. The lowest BCUT2D eigenvalue weighted by Gasteiger charge is -2.27. The summed E-state index contributed by atoms with van der Waals surface area (Å²) in [6.45, 7) is 8.14. The third kappa shape index (κ3) is 5.33. The van der Waals surface area contributed by atoms with Crippen molar-refractivity contribution in [1.29, 1.82) is 0 Å². The summed E-state index contributed by atoms with van der Waals surface area (Å²) in [4.78, 5) is 13.6. The molecule has 2 amide bonds. The number of nitrogens with zero attached hydrogens (tertiary/aromatic N) is 3. The summed E-state index contributed by atoms with van der Waals surface area (Å²) in [5.41, 5.74) is 12.5. The highest BCUT2D eigenvalue weighted by molar-refractivity contribution is 6.30. The highest BCUT2D eigenvalue weighted by Crippen LogP contribution is 2.38. The van der Waals surface area contributed by atoms with Gasteiger partial charge in [0.2, 0.25) is 0 Å². The average Bonchev–Trinajstić information content (AvgIpc) is 3.29. The van der Waals surface area contributed by atoms with Crippen LogP contribution < -0.4 is 11.1 Å². The molecule has 4 aromatic rings. The van der Waals surface area contributed by atoms with E-state index in [1.807, 2.05) is 36.4 Å². The van der Waals surface area contributed by atoms with Crippen molar-refractivity contribution in [2.24, 2.45) is 5.73 Å². The Balaban J connectivity index is 1.68. The first kappa shape index (κ1) is 27.8. The van der Waals surface area contributed by atoms with E-state index in [4.69, 9.17) is 22.4 Å². The Morgan fingerprint density at radius 1 is 1.05 bits per heavy atom. The molecule has 1 aliphatic heterocycles. The molecule has 0 bridgehead atoms. The normalized spacial score (nSPS) is 13.3. The predicted octanol–water partition coefficient (Wildman–Crippen LogP) is 6.95. The van der Waals surface area contributed by atoms with E-state index in [0.717, 1.165) is 70.7 Å². The van der Waals surface area contributed by atoms with Crippen LogP contribution in [0.2, 0.25) is 5.02 Å². The number of hydrogen-bond donors (Lipinski definition) is 2. The number of para-hydroxylation sites is 1. The number of aryl methyl sites for hydroxylation is 3. The summed E-state index contributed by atoms with van der Waals surface area (Å²) < 4.78 is 32.8. The number of halogens is 3. The molecule has 0 unspecified atom stereocenters. The van der Waals surface area contributed by atoms with Crippen LogP contribution in [0.5, 0.6) is 0 Å². The van der Waals surface area contributed by atoms with Crippen molar-refractivity contribution in [3.63, 3.8) is 0 Å². The molecule has 40 heavy (non-hydrogen) atoms. The number of fused-ring (bicyclic) bond motifs is 1. The SMILES string of the molecule is CCc1cccc(CC)c1-n1nc2c(c1-c1cc(F)c(NC(N)=O)cc1F)CN(Cc1cc(Cl)ccc1C)CC2. The van der Waals surface area contributed by atoms with Gasteiger partial charge in [0.15, 0.2) is 0 Å². The Bertz CT molecular complexity index is 1580. The van der Waals surface area contributed by atoms with Crippen molar-refractivity contribution in [3.8, 4) is 16.9 Å². The van der Waals surface area contributed by atoms with Crippen LogP contribution in [0.4, 0.5) is 19.3 Å². The van der Waals surface area contributed by atoms with Gasteiger partial charge in [0.25, 0.3) is 0 Å². The van der Waals surface area contributed by atoms with Crippen LogP contribution >= 0.6 is 11.6 Å². The summed E-state index contributed by atoms with van der Waals surface area (Å²) in [5, 5.41) is 7.86. The van der Waals surface area contributed by atoms with Crippen LogP contribution in [0.3, 0.4) is 0 Å². The molecule has 208 valence electrons. The van der Waals surface area contributed by atoms with E-state index in [1.165, 1.54) is 0 Å². The second-order valence-electron chi connectivity index (χ2n) is 10.2. The van der Waals surface area contributed by atoms with E-state index in [1.54, 1.807) is 4.68 Å². The predicted molar refractivity (Wildman–Crippen MR) is 155 cm³/mol. The summed E-state index contributed by atoms with van der Waals surface area (Å²) in [7, 11) is 0. The van der Waals surface area contributed by atoms with E-state index < -0.39 is 17.7 Å². The zero-order valence-corrected chi connectivity index (χ0v) is 23.6. The number of urea groups is 1. The Morgan fingerprint density at radius 2 is 1.77 bits per heavy atom. The first-order chi connectivity index (χ1) is 19.2. The number of primary amides is 1. The molecule has 3 N–H and O–H groups in total. The van der Waals surface area contributed by atoms with Gasteiger partial charge in [-0.25, -0.2) is 18.3 Å². The van der Waals surface area contributed by atoms with E-state index in [2.05, 4.69) is 31.0 Å². The molecule has 1 aliphatic rings. The van der Waals surface area contributed by atoms with Crippen molar-refractivity contribution in [1.82, 2.24) is 14.7 Å². The fourth-order valence-corrected chi connectivity index (χ4v) is 5.69. The van der Waals surface area contributed by atoms with Gasteiger partial charge in [-0.1, -0.05) is 49.7 Å². The van der Waals surface area contributed by atoms with Crippen molar-refractivity contribution >= 4 is 23.3 Å². The lowest BCUT2D eigenvalue weighted by atomic mass is 9.98. The van der Waals surface area contributed by atoms with Crippen LogP contribution in [0, 0.1) is 18.6 Å². The van der Waals surface area contributed by atoms with Crippen LogP contribution in [0.15, 0.2) is 48.5 Å². The van der Waals surface area contributed by atoms with Crippen molar-refractivity contribution in [2.45, 2.75) is 53.1 Å². The third-order valence-electron chi connectivity index (χ3n) is 7.56. The summed E-state index contributed by atoms with van der Waals surface area (Å²) in [6.07, 6.45) is 2.17. The van der Waals surface area contributed by atoms with Crippen molar-refractivity contribution in [3.05, 3.63) is 98.7 Å². The van der Waals surface area contributed by atoms with Gasteiger partial charge in [-0.3, -0.25) is 4.90 Å². The molecule has 9 heteroatoms. The molecule has 0 saturated heterocycles. The molecule has 0 saturated carbocycles. The quantitative estimate of drug-likeness (QED) is 0.255. The standard InChI is InChI=1S/C31H32ClF2N5O/c1-4-19-7-6-8-20(5-2)29(19)39-30(23-14-26(34)28(15-25(23)33)36-31(35)40)24-17-38(12-11-27(24)37-39)16-21-13-22(32)10-9-18(21)3/h6-10,13-15H,4-5,11-12,16-17H2,1-3H3,(H3,35,36,40). The van der Waals surface area contributed by atoms with Crippen molar-refractivity contribution < 1.29 is 13.6 Å². The maximum Gasteiger partial charge on any atom is 0.316 e. The van der Waals surface area contributed by atoms with Crippen LogP contribution in [-0.4, -0.2) is 27.3 Å². The molecular formula is C31H32ClF2N5O. The fraction of sp³-hybridized carbons (Fsp3) is 0.290. The number of carbonyl (C=O) groups excluding carboxylic acids is 1. The Morgan fingerprint density at radius 3 is 2.45 bits per heavy atom. The summed E-state index contributed by atoms with van der Waals surface area (Å²) in [5.74, 6) is -1.46. The molecule has 5 rings (SSSR count). The zero-order chi connectivity index (χ0) is 28.6. The lowest BCUT2D eigenvalue weighted by Crippen LogP contribution is -2.30. The minimum absolute atomic E-state index is 0.0787. The second-order valence-corrected chi connectivity index (χ2v) is 10.6. The molecule has 0 fully saturated rings. The van der Waals surface area contributed by atoms with Gasteiger partial charge in [-0.05, 0) is 60.2 Å². The van der Waals surface area contributed by atoms with E-state index in [9.17, 15) is 4.79 Å².